The molecule has 0 aromatic heterocycles. The minimum absolute atomic E-state index is 0.297. The van der Waals surface area contributed by atoms with Crippen LogP contribution in [0.4, 0.5) is 11.4 Å². The number of anilines is 2. The lowest BCUT2D eigenvalue weighted by Gasteiger charge is -2.24. The van der Waals surface area contributed by atoms with Crippen LogP contribution in [-0.2, 0) is 11.3 Å². The minimum Gasteiger partial charge on any atom is -0.399 e. The number of carbonyl (C=O) groups is 1. The summed E-state index contributed by atoms with van der Waals surface area (Å²) in [5.74, 6) is 0. The van der Waals surface area contributed by atoms with Crippen LogP contribution in [0.3, 0.4) is 0 Å². The molecule has 0 fully saturated rings. The fourth-order valence-electron chi connectivity index (χ4n) is 1.40. The van der Waals surface area contributed by atoms with E-state index in [-0.39, 0.29) is 6.17 Å². The summed E-state index contributed by atoms with van der Waals surface area (Å²) in [7, 11) is 0. The van der Waals surface area contributed by atoms with Crippen molar-refractivity contribution < 1.29 is 4.79 Å². The molecule has 0 bridgehead atoms. The standard InChI is InChI=1S/C9H11N3O/c10-7-2-1-6-4-11-9(5-13)12-8(6)3-7/h1-3,5,9,11-12H,4,10H2. The molecular weight excluding hydrogens is 166 g/mol. The van der Waals surface area contributed by atoms with E-state index in [1.165, 1.54) is 0 Å². The minimum atomic E-state index is -0.297. The van der Waals surface area contributed by atoms with Crippen molar-refractivity contribution in [1.82, 2.24) is 5.32 Å². The number of hydrogen-bond acceptors (Lipinski definition) is 4. The van der Waals surface area contributed by atoms with Gasteiger partial charge in [-0.3, -0.25) is 10.1 Å². The van der Waals surface area contributed by atoms with Gasteiger partial charge in [0.15, 0.2) is 6.29 Å². The first-order valence-electron chi connectivity index (χ1n) is 4.13. The lowest BCUT2D eigenvalue weighted by atomic mass is 10.1. The quantitative estimate of drug-likeness (QED) is 0.426. The first-order chi connectivity index (χ1) is 6.29. The summed E-state index contributed by atoms with van der Waals surface area (Å²) in [5, 5.41) is 6.05. The van der Waals surface area contributed by atoms with Gasteiger partial charge in [0.25, 0.3) is 0 Å². The number of fused-ring (bicyclic) bond motifs is 1. The number of aldehydes is 1. The van der Waals surface area contributed by atoms with E-state index in [2.05, 4.69) is 10.6 Å². The first kappa shape index (κ1) is 8.07. The van der Waals surface area contributed by atoms with Crippen LogP contribution in [-0.4, -0.2) is 12.5 Å². The molecule has 13 heavy (non-hydrogen) atoms. The fraction of sp³-hybridized carbons (Fsp3) is 0.222. The molecule has 4 nitrogen and oxygen atoms in total. The summed E-state index contributed by atoms with van der Waals surface area (Å²) in [5.41, 5.74) is 8.40. The molecule has 0 saturated carbocycles. The van der Waals surface area contributed by atoms with Crippen LogP contribution >= 0.6 is 0 Å². The number of nitrogens with two attached hydrogens (primary N) is 1. The second kappa shape index (κ2) is 3.06. The van der Waals surface area contributed by atoms with Gasteiger partial charge in [-0.15, -0.1) is 0 Å². The molecule has 0 spiro atoms. The Kier molecular flexibility index (Phi) is 1.90. The SMILES string of the molecule is Nc1ccc2c(c1)NC(C=O)NC2. The molecule has 1 aliphatic rings. The van der Waals surface area contributed by atoms with Crippen LogP contribution in [0.2, 0.25) is 0 Å². The van der Waals surface area contributed by atoms with E-state index in [1.54, 1.807) is 0 Å². The van der Waals surface area contributed by atoms with Gasteiger partial charge in [0, 0.05) is 17.9 Å². The average Bonchev–Trinajstić information content (AvgIpc) is 2.16. The van der Waals surface area contributed by atoms with Gasteiger partial charge in [0.2, 0.25) is 0 Å². The van der Waals surface area contributed by atoms with Crippen molar-refractivity contribution in [3.63, 3.8) is 0 Å². The van der Waals surface area contributed by atoms with Crippen molar-refractivity contribution >= 4 is 17.7 Å². The monoisotopic (exact) mass is 177 g/mol. The van der Waals surface area contributed by atoms with Gasteiger partial charge >= 0.3 is 0 Å². The largest absolute Gasteiger partial charge is 0.399 e. The van der Waals surface area contributed by atoms with Gasteiger partial charge < -0.3 is 11.1 Å². The molecule has 1 aromatic rings. The molecule has 0 amide bonds. The highest BCUT2D eigenvalue weighted by molar-refractivity contribution is 5.69. The van der Waals surface area contributed by atoms with E-state index in [1.807, 2.05) is 18.2 Å². The number of carbonyl (C=O) groups excluding carboxylic acids is 1. The van der Waals surface area contributed by atoms with Crippen molar-refractivity contribution in [2.75, 3.05) is 11.1 Å². The number of nitrogen functional groups attached to an aromatic ring is 1. The molecule has 0 aliphatic carbocycles. The lowest BCUT2D eigenvalue weighted by Crippen LogP contribution is -2.41. The van der Waals surface area contributed by atoms with Crippen LogP contribution in [0.15, 0.2) is 18.2 Å². The molecule has 1 aromatic carbocycles. The topological polar surface area (TPSA) is 67.1 Å². The van der Waals surface area contributed by atoms with Crippen molar-refractivity contribution in [1.29, 1.82) is 0 Å². The lowest BCUT2D eigenvalue weighted by molar-refractivity contribution is -0.109. The molecule has 1 atom stereocenters. The Labute approximate surface area is 76.1 Å². The number of hydrogen-bond donors (Lipinski definition) is 3. The zero-order valence-corrected chi connectivity index (χ0v) is 7.08. The molecule has 0 saturated heterocycles. The summed E-state index contributed by atoms with van der Waals surface area (Å²) in [6, 6.07) is 5.64. The van der Waals surface area contributed by atoms with Gasteiger partial charge in [0.1, 0.15) is 6.17 Å². The van der Waals surface area contributed by atoms with Crippen molar-refractivity contribution in [3.8, 4) is 0 Å². The van der Waals surface area contributed by atoms with Gasteiger partial charge in [-0.25, -0.2) is 0 Å². The van der Waals surface area contributed by atoms with E-state index in [9.17, 15) is 4.79 Å². The van der Waals surface area contributed by atoms with Gasteiger partial charge in [-0.05, 0) is 17.7 Å². The zero-order chi connectivity index (χ0) is 9.26. The van der Waals surface area contributed by atoms with Crippen molar-refractivity contribution in [2.45, 2.75) is 12.7 Å². The van der Waals surface area contributed by atoms with E-state index in [0.717, 1.165) is 17.5 Å². The van der Waals surface area contributed by atoms with E-state index in [4.69, 9.17) is 5.73 Å². The highest BCUT2D eigenvalue weighted by Gasteiger charge is 2.15. The van der Waals surface area contributed by atoms with Gasteiger partial charge in [-0.1, -0.05) is 6.07 Å². The number of benzene rings is 1. The summed E-state index contributed by atoms with van der Waals surface area (Å²) in [4.78, 5) is 10.5. The predicted molar refractivity (Wildman–Crippen MR) is 51.2 cm³/mol. The summed E-state index contributed by atoms with van der Waals surface area (Å²) in [6.45, 7) is 0.700. The Morgan fingerprint density at radius 1 is 1.54 bits per heavy atom. The molecule has 2 rings (SSSR count). The normalized spacial score (nSPS) is 20.2. The predicted octanol–water partition coefficient (Wildman–Crippen LogP) is 0.309. The van der Waals surface area contributed by atoms with Crippen LogP contribution in [0.1, 0.15) is 5.56 Å². The molecule has 1 aliphatic heterocycles. The Morgan fingerprint density at radius 3 is 3.15 bits per heavy atom. The Bertz CT molecular complexity index is 338. The zero-order valence-electron chi connectivity index (χ0n) is 7.08. The molecular formula is C9H11N3O. The highest BCUT2D eigenvalue weighted by Crippen LogP contribution is 2.22. The summed E-state index contributed by atoms with van der Waals surface area (Å²) >= 11 is 0. The third-order valence-corrected chi connectivity index (χ3v) is 2.09. The van der Waals surface area contributed by atoms with Crippen molar-refractivity contribution in [3.05, 3.63) is 23.8 Å². The molecule has 1 unspecified atom stereocenters. The molecule has 4 heteroatoms. The first-order valence-corrected chi connectivity index (χ1v) is 4.13. The Hall–Kier alpha value is -1.55. The maximum Gasteiger partial charge on any atom is 0.157 e. The number of rotatable bonds is 1. The third-order valence-electron chi connectivity index (χ3n) is 2.09. The van der Waals surface area contributed by atoms with Crippen LogP contribution < -0.4 is 16.4 Å². The van der Waals surface area contributed by atoms with Crippen LogP contribution in [0.25, 0.3) is 0 Å². The van der Waals surface area contributed by atoms with E-state index >= 15 is 0 Å². The van der Waals surface area contributed by atoms with Gasteiger partial charge in [-0.2, -0.15) is 0 Å². The van der Waals surface area contributed by atoms with Gasteiger partial charge in [0.05, 0.1) is 0 Å². The maximum atomic E-state index is 10.5. The van der Waals surface area contributed by atoms with E-state index < -0.39 is 0 Å². The third kappa shape index (κ3) is 1.48. The van der Waals surface area contributed by atoms with Crippen LogP contribution in [0.5, 0.6) is 0 Å². The average molecular weight is 177 g/mol. The fourth-order valence-corrected chi connectivity index (χ4v) is 1.40. The Balaban J connectivity index is 2.32. The second-order valence-electron chi connectivity index (χ2n) is 3.06. The number of nitrogens with one attached hydrogen (secondary N) is 2. The molecule has 4 N–H and O–H groups in total. The molecule has 1 heterocycles. The second-order valence-corrected chi connectivity index (χ2v) is 3.06. The van der Waals surface area contributed by atoms with Crippen molar-refractivity contribution in [2.24, 2.45) is 0 Å². The maximum absolute atomic E-state index is 10.5. The van der Waals surface area contributed by atoms with Crippen LogP contribution in [0, 0.1) is 0 Å². The molecule has 68 valence electrons. The smallest absolute Gasteiger partial charge is 0.157 e. The summed E-state index contributed by atoms with van der Waals surface area (Å²) < 4.78 is 0. The highest BCUT2D eigenvalue weighted by atomic mass is 16.1. The summed E-state index contributed by atoms with van der Waals surface area (Å²) in [6.07, 6.45) is 0.542. The van der Waals surface area contributed by atoms with E-state index in [0.29, 0.717) is 12.2 Å². The molecule has 0 radical (unpaired) electrons. The Morgan fingerprint density at radius 2 is 2.38 bits per heavy atom.